The third-order valence-electron chi connectivity index (χ3n) is 3.57. The highest BCUT2D eigenvalue weighted by Crippen LogP contribution is 2.28. The number of nitrogens with one attached hydrogen (secondary N) is 2. The Bertz CT molecular complexity index is 496. The summed E-state index contributed by atoms with van der Waals surface area (Å²) in [5.74, 6) is -1.41. The number of halogens is 1. The van der Waals surface area contributed by atoms with Crippen LogP contribution in [-0.4, -0.2) is 22.6 Å². The number of amides is 2. The Morgan fingerprint density at radius 3 is 2.25 bits per heavy atom. The Labute approximate surface area is 116 Å². The first-order chi connectivity index (χ1) is 9.52. The van der Waals surface area contributed by atoms with Gasteiger partial charge in [-0.1, -0.05) is 19.3 Å². The first-order valence-electron chi connectivity index (χ1n) is 6.60. The first-order valence-corrected chi connectivity index (χ1v) is 6.60. The Hall–Kier alpha value is -2.11. The third kappa shape index (κ3) is 3.26. The largest absolute Gasteiger partial charge is 0.480 e. The number of carbonyl (C=O) groups is 2. The minimum absolute atomic E-state index is 0.398. The molecule has 5 nitrogen and oxygen atoms in total. The number of hydrogen-bond donors (Lipinski definition) is 3. The summed E-state index contributed by atoms with van der Waals surface area (Å²) in [6.07, 6.45) is 3.40. The molecule has 1 aromatic rings. The second-order valence-corrected chi connectivity index (χ2v) is 5.03. The maximum atomic E-state index is 12.8. The summed E-state index contributed by atoms with van der Waals surface area (Å²) in [6, 6.07) is 4.71. The van der Waals surface area contributed by atoms with Crippen LogP contribution in [-0.2, 0) is 4.79 Å². The van der Waals surface area contributed by atoms with Crippen LogP contribution >= 0.6 is 0 Å². The summed E-state index contributed by atoms with van der Waals surface area (Å²) >= 11 is 0. The van der Waals surface area contributed by atoms with Crippen LogP contribution in [0.25, 0.3) is 0 Å². The molecule has 1 aliphatic carbocycles. The number of aliphatic carboxylic acids is 1. The zero-order valence-corrected chi connectivity index (χ0v) is 11.0. The summed E-state index contributed by atoms with van der Waals surface area (Å²) in [4.78, 5) is 23.3. The first kappa shape index (κ1) is 14.3. The van der Waals surface area contributed by atoms with Crippen LogP contribution in [0.5, 0.6) is 0 Å². The zero-order chi connectivity index (χ0) is 14.6. The number of anilines is 1. The van der Waals surface area contributed by atoms with E-state index >= 15 is 0 Å². The van der Waals surface area contributed by atoms with Crippen molar-refractivity contribution < 1.29 is 19.1 Å². The fourth-order valence-corrected chi connectivity index (χ4v) is 2.46. The lowest BCUT2D eigenvalue weighted by Gasteiger charge is -2.33. The van der Waals surface area contributed by atoms with Crippen LogP contribution in [0.1, 0.15) is 32.1 Å². The molecule has 0 saturated heterocycles. The molecule has 108 valence electrons. The average molecular weight is 280 g/mol. The minimum Gasteiger partial charge on any atom is -0.480 e. The van der Waals surface area contributed by atoms with E-state index in [1.807, 2.05) is 0 Å². The van der Waals surface area contributed by atoms with Crippen molar-refractivity contribution in [2.45, 2.75) is 37.6 Å². The molecular formula is C14H17FN2O3. The van der Waals surface area contributed by atoms with E-state index in [1.54, 1.807) is 0 Å². The van der Waals surface area contributed by atoms with Crippen molar-refractivity contribution in [3.63, 3.8) is 0 Å². The topological polar surface area (TPSA) is 78.4 Å². The molecule has 0 unspecified atom stereocenters. The van der Waals surface area contributed by atoms with Gasteiger partial charge in [0.1, 0.15) is 11.4 Å². The molecule has 3 N–H and O–H groups in total. The van der Waals surface area contributed by atoms with E-state index in [0.29, 0.717) is 18.5 Å². The smallest absolute Gasteiger partial charge is 0.329 e. The van der Waals surface area contributed by atoms with E-state index in [-0.39, 0.29) is 0 Å². The maximum absolute atomic E-state index is 12.8. The summed E-state index contributed by atoms with van der Waals surface area (Å²) in [6.45, 7) is 0. The Morgan fingerprint density at radius 1 is 1.10 bits per heavy atom. The van der Waals surface area contributed by atoms with Crippen molar-refractivity contribution >= 4 is 17.7 Å². The van der Waals surface area contributed by atoms with Crippen molar-refractivity contribution in [1.29, 1.82) is 0 Å². The third-order valence-corrected chi connectivity index (χ3v) is 3.57. The number of carbonyl (C=O) groups excluding carboxylic acids is 1. The van der Waals surface area contributed by atoms with Crippen LogP contribution in [0.3, 0.4) is 0 Å². The fourth-order valence-electron chi connectivity index (χ4n) is 2.46. The standard InChI is InChI=1S/C14H17FN2O3/c15-10-4-6-11(7-5-10)16-13(20)17-14(12(18)19)8-2-1-3-9-14/h4-7H,1-3,8-9H2,(H,18,19)(H2,16,17,20). The second-order valence-electron chi connectivity index (χ2n) is 5.03. The van der Waals surface area contributed by atoms with E-state index in [2.05, 4.69) is 10.6 Å². The van der Waals surface area contributed by atoms with E-state index in [1.165, 1.54) is 24.3 Å². The quantitative estimate of drug-likeness (QED) is 0.796. The van der Waals surface area contributed by atoms with Gasteiger partial charge in [-0.3, -0.25) is 0 Å². The molecule has 1 aromatic carbocycles. The molecule has 0 bridgehead atoms. The molecule has 0 heterocycles. The molecule has 1 aliphatic rings. The average Bonchev–Trinajstić information content (AvgIpc) is 2.42. The Morgan fingerprint density at radius 2 is 1.70 bits per heavy atom. The molecule has 1 fully saturated rings. The lowest BCUT2D eigenvalue weighted by Crippen LogP contribution is -2.56. The summed E-state index contributed by atoms with van der Waals surface area (Å²) in [5, 5.41) is 14.4. The van der Waals surface area contributed by atoms with Crippen LogP contribution < -0.4 is 10.6 Å². The van der Waals surface area contributed by atoms with E-state index in [0.717, 1.165) is 19.3 Å². The Balaban J connectivity index is 2.01. The fraction of sp³-hybridized carbons (Fsp3) is 0.429. The predicted molar refractivity (Wildman–Crippen MR) is 72.0 cm³/mol. The molecule has 2 amide bonds. The van der Waals surface area contributed by atoms with Gasteiger partial charge in [-0.25, -0.2) is 14.0 Å². The molecule has 0 spiro atoms. The van der Waals surface area contributed by atoms with Crippen molar-refractivity contribution in [1.82, 2.24) is 5.32 Å². The highest BCUT2D eigenvalue weighted by molar-refractivity contribution is 5.93. The summed E-state index contributed by atoms with van der Waals surface area (Å²) in [7, 11) is 0. The van der Waals surface area contributed by atoms with Crippen LogP contribution in [0.15, 0.2) is 24.3 Å². The van der Waals surface area contributed by atoms with Gasteiger partial charge >= 0.3 is 12.0 Å². The molecule has 0 aromatic heterocycles. The minimum atomic E-state index is -1.19. The zero-order valence-electron chi connectivity index (χ0n) is 11.0. The van der Waals surface area contributed by atoms with Crippen molar-refractivity contribution in [3.8, 4) is 0 Å². The summed E-state index contributed by atoms with van der Waals surface area (Å²) < 4.78 is 12.8. The lowest BCUT2D eigenvalue weighted by molar-refractivity contribution is -0.145. The van der Waals surface area contributed by atoms with Gasteiger partial charge in [0.05, 0.1) is 0 Å². The van der Waals surface area contributed by atoms with Crippen LogP contribution in [0, 0.1) is 5.82 Å². The molecule has 6 heteroatoms. The van der Waals surface area contributed by atoms with Crippen molar-refractivity contribution in [2.24, 2.45) is 0 Å². The molecule has 1 saturated carbocycles. The summed E-state index contributed by atoms with van der Waals surface area (Å²) in [5.41, 5.74) is -0.775. The molecule has 0 aliphatic heterocycles. The van der Waals surface area contributed by atoms with Gasteiger partial charge in [-0.05, 0) is 37.1 Å². The Kier molecular flexibility index (Phi) is 4.22. The number of benzene rings is 1. The van der Waals surface area contributed by atoms with Gasteiger partial charge in [0.2, 0.25) is 0 Å². The van der Waals surface area contributed by atoms with E-state index in [4.69, 9.17) is 0 Å². The second kappa shape index (κ2) is 5.90. The number of carboxylic acids is 1. The number of carboxylic acid groups (broad SMARTS) is 1. The van der Waals surface area contributed by atoms with Gasteiger partial charge in [-0.15, -0.1) is 0 Å². The number of hydrogen-bond acceptors (Lipinski definition) is 2. The molecule has 0 atom stereocenters. The highest BCUT2D eigenvalue weighted by Gasteiger charge is 2.40. The van der Waals surface area contributed by atoms with Gasteiger partial charge in [-0.2, -0.15) is 0 Å². The molecule has 0 radical (unpaired) electrons. The number of rotatable bonds is 3. The van der Waals surface area contributed by atoms with Crippen LogP contribution in [0.4, 0.5) is 14.9 Å². The van der Waals surface area contributed by atoms with Gasteiger partial charge in [0.15, 0.2) is 0 Å². The maximum Gasteiger partial charge on any atom is 0.329 e. The predicted octanol–water partition coefficient (Wildman–Crippen LogP) is 2.73. The van der Waals surface area contributed by atoms with Crippen molar-refractivity contribution in [2.75, 3.05) is 5.32 Å². The van der Waals surface area contributed by atoms with Gasteiger partial charge in [0.25, 0.3) is 0 Å². The lowest BCUT2D eigenvalue weighted by atomic mass is 9.82. The molecular weight excluding hydrogens is 263 g/mol. The van der Waals surface area contributed by atoms with E-state index < -0.39 is 23.4 Å². The SMILES string of the molecule is O=C(Nc1ccc(F)cc1)NC1(C(=O)O)CCCCC1. The van der Waals surface area contributed by atoms with Crippen LogP contribution in [0.2, 0.25) is 0 Å². The molecule has 2 rings (SSSR count). The normalized spacial score (nSPS) is 17.2. The van der Waals surface area contributed by atoms with Crippen molar-refractivity contribution in [3.05, 3.63) is 30.1 Å². The van der Waals surface area contributed by atoms with E-state index in [9.17, 15) is 19.1 Å². The molecule has 20 heavy (non-hydrogen) atoms. The number of urea groups is 1. The van der Waals surface area contributed by atoms with Gasteiger partial charge < -0.3 is 15.7 Å². The highest BCUT2D eigenvalue weighted by atomic mass is 19.1. The monoisotopic (exact) mass is 280 g/mol. The van der Waals surface area contributed by atoms with Gasteiger partial charge in [0, 0.05) is 5.69 Å².